The molecule has 7 nitrogen and oxygen atoms in total. The van der Waals surface area contributed by atoms with Crippen molar-refractivity contribution < 1.29 is 26.3 Å². The van der Waals surface area contributed by atoms with Gasteiger partial charge in [0, 0.05) is 35.0 Å². The van der Waals surface area contributed by atoms with Crippen molar-refractivity contribution in [1.82, 2.24) is 25.2 Å². The molecule has 1 fully saturated rings. The van der Waals surface area contributed by atoms with Crippen molar-refractivity contribution in [3.63, 3.8) is 0 Å². The highest BCUT2D eigenvalue weighted by atomic mass is 127. The van der Waals surface area contributed by atoms with Crippen molar-refractivity contribution in [3.8, 4) is 0 Å². The van der Waals surface area contributed by atoms with Crippen LogP contribution in [0.5, 0.6) is 0 Å². The summed E-state index contributed by atoms with van der Waals surface area (Å²) in [7, 11) is 1.53. The molecule has 0 bridgehead atoms. The molecule has 4 rings (SSSR count). The van der Waals surface area contributed by atoms with Crippen LogP contribution in [0.3, 0.4) is 0 Å². The van der Waals surface area contributed by atoms with Crippen LogP contribution in [-0.4, -0.2) is 38.3 Å². The molecule has 2 aromatic heterocycles. The van der Waals surface area contributed by atoms with Gasteiger partial charge in [-0.2, -0.15) is 31.1 Å². The monoisotopic (exact) mass is 667 g/mol. The second kappa shape index (κ2) is 11.8. The van der Waals surface area contributed by atoms with E-state index in [1.165, 1.54) is 29.6 Å². The van der Waals surface area contributed by atoms with E-state index >= 15 is 0 Å². The highest BCUT2D eigenvalue weighted by molar-refractivity contribution is 14.1. The molecular formula is C25H28F6IN7. The first-order valence-electron chi connectivity index (χ1n) is 12.5. The highest BCUT2D eigenvalue weighted by Crippen LogP contribution is 2.37. The Bertz CT molecular complexity index is 1240. The molecule has 0 N–H and O–H groups in total. The summed E-state index contributed by atoms with van der Waals surface area (Å²) in [6.45, 7) is 3.34. The Morgan fingerprint density at radius 3 is 2.13 bits per heavy atom. The van der Waals surface area contributed by atoms with Crippen LogP contribution in [0.25, 0.3) is 0 Å². The second-order valence-corrected chi connectivity index (χ2v) is 10.9. The topological polar surface area (TPSA) is 63.0 Å². The zero-order valence-electron chi connectivity index (χ0n) is 21.4. The van der Waals surface area contributed by atoms with Gasteiger partial charge in [0.05, 0.1) is 24.7 Å². The quantitative estimate of drug-likeness (QED) is 0.193. The molecule has 39 heavy (non-hydrogen) atoms. The normalized spacial score (nSPS) is 14.7. The zero-order chi connectivity index (χ0) is 28.4. The molecule has 0 aliphatic heterocycles. The number of alkyl halides is 6. The summed E-state index contributed by atoms with van der Waals surface area (Å²) in [5.41, 5.74) is -2.16. The van der Waals surface area contributed by atoms with Gasteiger partial charge in [-0.25, -0.2) is 4.98 Å². The average molecular weight is 667 g/mol. The number of hydrogen-bond acceptors (Lipinski definition) is 6. The number of hydrogen-bond donors (Lipinski definition) is 0. The van der Waals surface area contributed by atoms with Crippen molar-refractivity contribution in [2.45, 2.75) is 58.0 Å². The van der Waals surface area contributed by atoms with Gasteiger partial charge in [-0.05, 0) is 83.3 Å². The molecule has 0 unspecified atom stereocenters. The highest BCUT2D eigenvalue weighted by Gasteiger charge is 2.37. The van der Waals surface area contributed by atoms with E-state index in [0.717, 1.165) is 46.5 Å². The van der Waals surface area contributed by atoms with Gasteiger partial charge in [-0.15, -0.1) is 5.10 Å². The zero-order valence-corrected chi connectivity index (χ0v) is 23.6. The Morgan fingerprint density at radius 2 is 1.59 bits per heavy atom. The summed E-state index contributed by atoms with van der Waals surface area (Å²) >= 11 is 2.13. The van der Waals surface area contributed by atoms with E-state index in [2.05, 4.69) is 47.9 Å². The van der Waals surface area contributed by atoms with Crippen LogP contribution in [-0.2, 0) is 32.5 Å². The van der Waals surface area contributed by atoms with E-state index in [1.54, 1.807) is 6.20 Å². The lowest BCUT2D eigenvalue weighted by molar-refractivity contribution is -0.143. The lowest BCUT2D eigenvalue weighted by Gasteiger charge is -2.29. The van der Waals surface area contributed by atoms with E-state index in [1.807, 2.05) is 13.0 Å². The van der Waals surface area contributed by atoms with Crippen LogP contribution in [0.1, 0.15) is 54.9 Å². The molecule has 2 heterocycles. The van der Waals surface area contributed by atoms with Gasteiger partial charge in [0.25, 0.3) is 5.95 Å². The third-order valence-electron chi connectivity index (χ3n) is 6.71. The Hall–Kier alpha value is -2.65. The Kier molecular flexibility index (Phi) is 8.91. The van der Waals surface area contributed by atoms with Crippen molar-refractivity contribution in [2.24, 2.45) is 13.0 Å². The van der Waals surface area contributed by atoms with Crippen LogP contribution < -0.4 is 9.80 Å². The van der Waals surface area contributed by atoms with E-state index in [9.17, 15) is 26.3 Å². The largest absolute Gasteiger partial charge is 0.416 e. The number of rotatable bonds is 9. The molecule has 1 aliphatic carbocycles. The number of halogens is 7. The van der Waals surface area contributed by atoms with Crippen LogP contribution in [0.15, 0.2) is 30.5 Å². The molecule has 212 valence electrons. The SMILES string of the molecule is CCN(CC1CCCC1)c1ncc(I)cc1CN(Cc1cc(C(F)(F)F)cc(C(F)(F)F)c1)c1nnn(C)n1. The van der Waals surface area contributed by atoms with Crippen LogP contribution in [0.2, 0.25) is 0 Å². The summed E-state index contributed by atoms with van der Waals surface area (Å²) in [4.78, 5) is 9.55. The number of tetrazole rings is 1. The van der Waals surface area contributed by atoms with Crippen molar-refractivity contribution in [1.29, 1.82) is 0 Å². The third kappa shape index (κ3) is 7.51. The summed E-state index contributed by atoms with van der Waals surface area (Å²) in [6, 6.07) is 3.49. The lowest BCUT2D eigenvalue weighted by Crippen LogP contribution is -2.32. The molecule has 0 radical (unpaired) electrons. The fraction of sp³-hybridized carbons (Fsp3) is 0.520. The molecule has 3 aromatic rings. The van der Waals surface area contributed by atoms with Gasteiger partial charge in [0.2, 0.25) is 0 Å². The minimum atomic E-state index is -4.94. The maximum absolute atomic E-state index is 13.5. The van der Waals surface area contributed by atoms with Gasteiger partial charge in [0.1, 0.15) is 5.82 Å². The lowest BCUT2D eigenvalue weighted by atomic mass is 10.0. The van der Waals surface area contributed by atoms with Gasteiger partial charge >= 0.3 is 12.4 Å². The van der Waals surface area contributed by atoms with E-state index in [4.69, 9.17) is 0 Å². The van der Waals surface area contributed by atoms with Crippen molar-refractivity contribution in [3.05, 3.63) is 56.3 Å². The first-order chi connectivity index (χ1) is 18.3. The Balaban J connectivity index is 1.72. The van der Waals surface area contributed by atoms with Crippen LogP contribution in [0.4, 0.5) is 38.1 Å². The number of aryl methyl sites for hydroxylation is 1. The number of benzene rings is 1. The van der Waals surface area contributed by atoms with E-state index in [-0.39, 0.29) is 30.7 Å². The average Bonchev–Trinajstić information content (AvgIpc) is 3.53. The number of aromatic nitrogens is 5. The van der Waals surface area contributed by atoms with Crippen LogP contribution >= 0.6 is 22.6 Å². The van der Waals surface area contributed by atoms with E-state index < -0.39 is 23.5 Å². The van der Waals surface area contributed by atoms with Crippen LogP contribution in [0, 0.1) is 9.49 Å². The fourth-order valence-electron chi connectivity index (χ4n) is 4.88. The molecule has 1 saturated carbocycles. The van der Waals surface area contributed by atoms with Gasteiger partial charge in [-0.3, -0.25) is 0 Å². The minimum Gasteiger partial charge on any atom is -0.356 e. The minimum absolute atomic E-state index is 0.0760. The van der Waals surface area contributed by atoms with E-state index in [0.29, 0.717) is 12.5 Å². The molecule has 0 atom stereocenters. The fourth-order valence-corrected chi connectivity index (χ4v) is 5.39. The summed E-state index contributed by atoms with van der Waals surface area (Å²) < 4.78 is 81.9. The molecule has 1 aliphatic rings. The van der Waals surface area contributed by atoms with Gasteiger partial charge in [0.15, 0.2) is 0 Å². The van der Waals surface area contributed by atoms with Crippen molar-refractivity contribution in [2.75, 3.05) is 22.9 Å². The first-order valence-corrected chi connectivity index (χ1v) is 13.6. The molecule has 0 saturated heterocycles. The molecule has 14 heteroatoms. The molecular weight excluding hydrogens is 639 g/mol. The maximum Gasteiger partial charge on any atom is 0.416 e. The van der Waals surface area contributed by atoms with Gasteiger partial charge < -0.3 is 9.80 Å². The third-order valence-corrected chi connectivity index (χ3v) is 7.30. The second-order valence-electron chi connectivity index (χ2n) is 9.67. The number of nitrogens with zero attached hydrogens (tertiary/aromatic N) is 7. The Labute approximate surface area is 235 Å². The van der Waals surface area contributed by atoms with Crippen molar-refractivity contribution >= 4 is 34.4 Å². The number of pyridine rings is 1. The molecule has 0 spiro atoms. The first kappa shape index (κ1) is 29.3. The standard InChI is InChI=1S/C25H28F6IN7/c1-3-38(13-16-6-4-5-7-16)22-18(10-21(32)12-33-22)15-39(23-34-36-37(2)35-23)14-17-8-19(24(26,27)28)11-20(9-17)25(29,30)31/h8-12,16H,3-7,13-15H2,1-2H3. The summed E-state index contributed by atoms with van der Waals surface area (Å²) in [6.07, 6.45) is -3.48. The molecule has 0 amide bonds. The summed E-state index contributed by atoms with van der Waals surface area (Å²) in [5.74, 6) is 1.34. The predicted molar refractivity (Wildman–Crippen MR) is 142 cm³/mol. The molecule has 1 aromatic carbocycles. The predicted octanol–water partition coefficient (Wildman–Crippen LogP) is 6.47. The summed E-state index contributed by atoms with van der Waals surface area (Å²) in [5, 5.41) is 12.0. The number of anilines is 2. The Morgan fingerprint density at radius 1 is 0.949 bits per heavy atom. The smallest absolute Gasteiger partial charge is 0.356 e. The maximum atomic E-state index is 13.5. The van der Waals surface area contributed by atoms with Gasteiger partial charge in [-0.1, -0.05) is 17.9 Å².